The highest BCUT2D eigenvalue weighted by atomic mass is 127. The largest absolute Gasteiger partial charge is 0.466 e. The van der Waals surface area contributed by atoms with E-state index in [0.717, 1.165) is 21.4 Å². The third-order valence-electron chi connectivity index (χ3n) is 3.58. The Morgan fingerprint density at radius 3 is 2.80 bits per heavy atom. The van der Waals surface area contributed by atoms with Gasteiger partial charge in [-0.1, -0.05) is 24.3 Å². The minimum Gasteiger partial charge on any atom is -0.466 e. The summed E-state index contributed by atoms with van der Waals surface area (Å²) in [5, 5.41) is 0. The fraction of sp³-hybridized carbons (Fsp3) is 0.333. The monoisotopic (exact) mass is 382 g/mol. The Morgan fingerprint density at radius 1 is 1.45 bits per heavy atom. The lowest BCUT2D eigenvalue weighted by molar-refractivity contribution is -0.144. The van der Waals surface area contributed by atoms with Gasteiger partial charge in [-0.2, -0.15) is 0 Å². The Hall–Kier alpha value is -1.37. The van der Waals surface area contributed by atoms with Crippen LogP contribution in [-0.4, -0.2) is 22.5 Å². The molecule has 1 aliphatic rings. The molecule has 0 aliphatic heterocycles. The normalized spacial score (nSPS) is 20.7. The maximum atomic E-state index is 11.7. The molecule has 4 nitrogen and oxygen atoms in total. The molecule has 1 N–H and O–H groups in total. The molecule has 104 valence electrons. The maximum absolute atomic E-state index is 11.7. The van der Waals surface area contributed by atoms with Crippen molar-refractivity contribution in [2.45, 2.75) is 19.3 Å². The van der Waals surface area contributed by atoms with Crippen LogP contribution in [0.3, 0.4) is 0 Å². The lowest BCUT2D eigenvalue weighted by atomic mass is 10.1. The van der Waals surface area contributed by atoms with E-state index in [1.807, 2.05) is 6.92 Å². The van der Waals surface area contributed by atoms with Crippen molar-refractivity contribution in [3.8, 4) is 11.3 Å². The highest BCUT2D eigenvalue weighted by molar-refractivity contribution is 14.1. The molecule has 0 bridgehead atoms. The lowest BCUT2D eigenvalue weighted by Gasteiger charge is -2.03. The van der Waals surface area contributed by atoms with Gasteiger partial charge < -0.3 is 9.72 Å². The zero-order chi connectivity index (χ0) is 14.1. The summed E-state index contributed by atoms with van der Waals surface area (Å²) in [6, 6.07) is 8.30. The first-order valence-corrected chi connectivity index (χ1v) is 7.74. The number of nitrogens with zero attached hydrogens (tertiary/aromatic N) is 1. The number of ether oxygens (including phenoxy) is 1. The minimum absolute atomic E-state index is 0.0475. The Labute approximate surface area is 131 Å². The fourth-order valence-electron chi connectivity index (χ4n) is 2.44. The summed E-state index contributed by atoms with van der Waals surface area (Å²) < 4.78 is 6.10. The summed E-state index contributed by atoms with van der Waals surface area (Å²) in [5.41, 5.74) is 3.26. The van der Waals surface area contributed by atoms with E-state index in [2.05, 4.69) is 56.8 Å². The second-order valence-electron chi connectivity index (χ2n) is 4.89. The van der Waals surface area contributed by atoms with Crippen molar-refractivity contribution in [1.82, 2.24) is 9.97 Å². The third-order valence-corrected chi connectivity index (χ3v) is 4.41. The smallest absolute Gasteiger partial charge is 0.309 e. The molecule has 0 spiro atoms. The van der Waals surface area contributed by atoms with Gasteiger partial charge in [-0.15, -0.1) is 0 Å². The number of benzene rings is 1. The second-order valence-corrected chi connectivity index (χ2v) is 5.97. The number of hydrogen-bond acceptors (Lipinski definition) is 3. The molecule has 0 unspecified atom stereocenters. The summed E-state index contributed by atoms with van der Waals surface area (Å²) >= 11 is 2.24. The molecule has 20 heavy (non-hydrogen) atoms. The molecular weight excluding hydrogens is 367 g/mol. The van der Waals surface area contributed by atoms with Crippen molar-refractivity contribution in [1.29, 1.82) is 0 Å². The standard InChI is InChI=1S/C15H15IN2O2/c1-2-20-15(19)12-7-11(12)9-3-5-10(6-4-9)13-14(16)18-8-17-13/h3-6,8,11-12H,2,7H2,1H3,(H,17,18)/t11-,12-/m0/s1. The van der Waals surface area contributed by atoms with Crippen molar-refractivity contribution in [3.05, 3.63) is 39.9 Å². The van der Waals surface area contributed by atoms with Crippen LogP contribution in [0.4, 0.5) is 0 Å². The Morgan fingerprint density at radius 2 is 2.20 bits per heavy atom. The van der Waals surface area contributed by atoms with Crippen LogP contribution in [-0.2, 0) is 9.53 Å². The van der Waals surface area contributed by atoms with Gasteiger partial charge in [0.25, 0.3) is 0 Å². The number of rotatable bonds is 4. The van der Waals surface area contributed by atoms with Crippen LogP contribution in [0.1, 0.15) is 24.8 Å². The Bertz CT molecular complexity index is 621. The molecule has 1 aromatic heterocycles. The second kappa shape index (κ2) is 5.55. The number of imidazole rings is 1. The van der Waals surface area contributed by atoms with E-state index in [1.54, 1.807) is 6.33 Å². The molecule has 1 aliphatic carbocycles. The predicted octanol–water partition coefficient (Wildman–Crippen LogP) is 3.35. The number of carbonyl (C=O) groups excluding carboxylic acids is 1. The number of aromatic nitrogens is 2. The minimum atomic E-state index is -0.0663. The highest BCUT2D eigenvalue weighted by Crippen LogP contribution is 2.48. The van der Waals surface area contributed by atoms with Gasteiger partial charge in [0.15, 0.2) is 0 Å². The van der Waals surface area contributed by atoms with Crippen molar-refractivity contribution >= 4 is 28.6 Å². The number of aromatic amines is 1. The third kappa shape index (κ3) is 2.59. The van der Waals surface area contributed by atoms with Gasteiger partial charge in [-0.05, 0) is 47.4 Å². The number of esters is 1. The van der Waals surface area contributed by atoms with Gasteiger partial charge in [0.05, 0.1) is 18.9 Å². The van der Waals surface area contributed by atoms with E-state index in [4.69, 9.17) is 4.74 Å². The molecule has 5 heteroatoms. The molecular formula is C15H15IN2O2. The molecule has 1 heterocycles. The van der Waals surface area contributed by atoms with Gasteiger partial charge in [0.1, 0.15) is 9.39 Å². The number of carbonyl (C=O) groups is 1. The maximum Gasteiger partial charge on any atom is 0.309 e. The van der Waals surface area contributed by atoms with Gasteiger partial charge in [0.2, 0.25) is 0 Å². The van der Waals surface area contributed by atoms with E-state index >= 15 is 0 Å². The van der Waals surface area contributed by atoms with E-state index in [1.165, 1.54) is 5.56 Å². The van der Waals surface area contributed by atoms with E-state index in [-0.39, 0.29) is 11.9 Å². The first kappa shape index (κ1) is 13.6. The van der Waals surface area contributed by atoms with E-state index < -0.39 is 0 Å². The van der Waals surface area contributed by atoms with Gasteiger partial charge in [-0.3, -0.25) is 4.79 Å². The van der Waals surface area contributed by atoms with Crippen LogP contribution in [0.25, 0.3) is 11.3 Å². The van der Waals surface area contributed by atoms with Crippen LogP contribution in [0, 0.1) is 9.62 Å². The summed E-state index contributed by atoms with van der Waals surface area (Å²) in [6.07, 6.45) is 2.60. The van der Waals surface area contributed by atoms with Gasteiger partial charge in [-0.25, -0.2) is 4.98 Å². The van der Waals surface area contributed by atoms with Crippen molar-refractivity contribution in [2.24, 2.45) is 5.92 Å². The van der Waals surface area contributed by atoms with Gasteiger partial charge in [0, 0.05) is 5.56 Å². The summed E-state index contributed by atoms with van der Waals surface area (Å²) in [4.78, 5) is 19.0. The van der Waals surface area contributed by atoms with Crippen LogP contribution < -0.4 is 0 Å². The average molecular weight is 382 g/mol. The van der Waals surface area contributed by atoms with Crippen molar-refractivity contribution in [2.75, 3.05) is 6.61 Å². The van der Waals surface area contributed by atoms with E-state index in [0.29, 0.717) is 12.5 Å². The first-order chi connectivity index (χ1) is 9.70. The van der Waals surface area contributed by atoms with Crippen LogP contribution >= 0.6 is 22.6 Å². The molecule has 1 fully saturated rings. The fourth-order valence-corrected chi connectivity index (χ4v) is 3.03. The molecule has 0 amide bonds. The molecule has 1 aromatic carbocycles. The molecule has 0 radical (unpaired) electrons. The zero-order valence-electron chi connectivity index (χ0n) is 11.1. The molecule has 3 rings (SSSR count). The summed E-state index contributed by atoms with van der Waals surface area (Å²) in [6.45, 7) is 2.30. The van der Waals surface area contributed by atoms with Crippen molar-refractivity contribution < 1.29 is 9.53 Å². The topological polar surface area (TPSA) is 55.0 Å². The van der Waals surface area contributed by atoms with Crippen molar-refractivity contribution in [3.63, 3.8) is 0 Å². The SMILES string of the molecule is CCOC(=O)[C@H]1C[C@H]1c1ccc(-c2nc[nH]c2I)cc1. The number of halogens is 1. The average Bonchev–Trinajstić information content (AvgIpc) is 3.15. The molecule has 0 saturated heterocycles. The Kier molecular flexibility index (Phi) is 3.78. The van der Waals surface area contributed by atoms with Gasteiger partial charge >= 0.3 is 5.97 Å². The quantitative estimate of drug-likeness (QED) is 0.652. The number of nitrogens with one attached hydrogen (secondary N) is 1. The highest BCUT2D eigenvalue weighted by Gasteiger charge is 2.45. The molecule has 2 atom stereocenters. The zero-order valence-corrected chi connectivity index (χ0v) is 13.3. The Balaban J connectivity index is 1.72. The lowest BCUT2D eigenvalue weighted by Crippen LogP contribution is -2.07. The number of H-pyrrole nitrogens is 1. The van der Waals surface area contributed by atoms with E-state index in [9.17, 15) is 4.79 Å². The van der Waals surface area contributed by atoms with Crippen LogP contribution in [0.5, 0.6) is 0 Å². The summed E-state index contributed by atoms with van der Waals surface area (Å²) in [5.74, 6) is 0.302. The molecule has 1 saturated carbocycles. The van der Waals surface area contributed by atoms with Crippen LogP contribution in [0.2, 0.25) is 0 Å². The number of hydrogen-bond donors (Lipinski definition) is 1. The predicted molar refractivity (Wildman–Crippen MR) is 84.2 cm³/mol. The van der Waals surface area contributed by atoms with Crippen LogP contribution in [0.15, 0.2) is 30.6 Å². The summed E-state index contributed by atoms with van der Waals surface area (Å²) in [7, 11) is 0. The molecule has 2 aromatic rings. The first-order valence-electron chi connectivity index (χ1n) is 6.66.